The number of hydrogen-bond acceptors (Lipinski definition) is 3. The molecule has 0 saturated carbocycles. The molecule has 0 heterocycles. The maximum atomic E-state index is 10.6. The number of hydrogen-bond donors (Lipinski definition) is 1. The number of aliphatic hydroxyl groups is 1. The fourth-order valence-corrected chi connectivity index (χ4v) is 3.00. The molecule has 3 rings (SSSR count). The lowest BCUT2D eigenvalue weighted by Gasteiger charge is -2.34. The summed E-state index contributed by atoms with van der Waals surface area (Å²) in [7, 11) is 1.63. The molecule has 2 aromatic carbocycles. The average Bonchev–Trinajstić information content (AvgIpc) is 2.52. The Labute approximate surface area is 125 Å². The van der Waals surface area contributed by atoms with Crippen molar-refractivity contribution >= 4 is 0 Å². The Morgan fingerprint density at radius 2 is 1.71 bits per heavy atom. The lowest BCUT2D eigenvalue weighted by atomic mass is 9.80. The third-order valence-electron chi connectivity index (χ3n) is 4.11. The SMILES string of the molecule is COc1cccc(OC2CC(C)c3ccccc3C2O)c1. The first-order valence-corrected chi connectivity index (χ1v) is 7.26. The standard InChI is InChI=1S/C18H20O3/c1-12-10-17(18(19)16-9-4-3-8-15(12)16)21-14-7-5-6-13(11-14)20-2/h3-9,11-12,17-19H,10H2,1-2H3. The quantitative estimate of drug-likeness (QED) is 0.934. The van der Waals surface area contributed by atoms with Crippen LogP contribution in [0.5, 0.6) is 11.5 Å². The van der Waals surface area contributed by atoms with Crippen LogP contribution in [-0.2, 0) is 0 Å². The second-order valence-electron chi connectivity index (χ2n) is 5.55. The van der Waals surface area contributed by atoms with Gasteiger partial charge in [0.15, 0.2) is 0 Å². The Kier molecular flexibility index (Phi) is 3.84. The van der Waals surface area contributed by atoms with Crippen LogP contribution in [0, 0.1) is 0 Å². The summed E-state index contributed by atoms with van der Waals surface area (Å²) in [6, 6.07) is 15.6. The van der Waals surface area contributed by atoms with E-state index in [1.165, 1.54) is 5.56 Å². The summed E-state index contributed by atoms with van der Waals surface area (Å²) in [6.07, 6.45) is -0.0272. The van der Waals surface area contributed by atoms with Gasteiger partial charge < -0.3 is 14.6 Å². The first-order chi connectivity index (χ1) is 10.2. The number of fused-ring (bicyclic) bond motifs is 1. The Morgan fingerprint density at radius 3 is 2.48 bits per heavy atom. The zero-order chi connectivity index (χ0) is 14.8. The summed E-state index contributed by atoms with van der Waals surface area (Å²) in [4.78, 5) is 0. The van der Waals surface area contributed by atoms with E-state index in [9.17, 15) is 5.11 Å². The molecule has 1 aliphatic rings. The van der Waals surface area contributed by atoms with E-state index in [4.69, 9.17) is 9.47 Å². The second-order valence-corrected chi connectivity index (χ2v) is 5.55. The summed E-state index contributed by atoms with van der Waals surface area (Å²) in [6.45, 7) is 2.17. The Balaban J connectivity index is 1.84. The predicted octanol–water partition coefficient (Wildman–Crippen LogP) is 3.68. The van der Waals surface area contributed by atoms with Crippen LogP contribution in [0.3, 0.4) is 0 Å². The van der Waals surface area contributed by atoms with Crippen molar-refractivity contribution in [3.63, 3.8) is 0 Å². The van der Waals surface area contributed by atoms with Gasteiger partial charge in [-0.3, -0.25) is 0 Å². The highest BCUT2D eigenvalue weighted by Crippen LogP contribution is 2.39. The fourth-order valence-electron chi connectivity index (χ4n) is 3.00. The molecule has 3 nitrogen and oxygen atoms in total. The van der Waals surface area contributed by atoms with Gasteiger partial charge in [0.1, 0.15) is 23.7 Å². The van der Waals surface area contributed by atoms with Crippen LogP contribution in [-0.4, -0.2) is 18.3 Å². The monoisotopic (exact) mass is 284 g/mol. The van der Waals surface area contributed by atoms with Crippen molar-refractivity contribution in [1.29, 1.82) is 0 Å². The largest absolute Gasteiger partial charge is 0.497 e. The fraction of sp³-hybridized carbons (Fsp3) is 0.333. The van der Waals surface area contributed by atoms with Crippen LogP contribution in [0.4, 0.5) is 0 Å². The first kappa shape index (κ1) is 14.0. The topological polar surface area (TPSA) is 38.7 Å². The van der Waals surface area contributed by atoms with Gasteiger partial charge in [-0.05, 0) is 35.6 Å². The molecule has 0 spiro atoms. The molecule has 0 radical (unpaired) electrons. The third kappa shape index (κ3) is 2.74. The van der Waals surface area contributed by atoms with E-state index in [1.54, 1.807) is 7.11 Å². The second kappa shape index (κ2) is 5.78. The highest BCUT2D eigenvalue weighted by molar-refractivity contribution is 5.37. The molecule has 1 N–H and O–H groups in total. The molecule has 0 amide bonds. The lowest BCUT2D eigenvalue weighted by Crippen LogP contribution is -2.32. The predicted molar refractivity (Wildman–Crippen MR) is 81.8 cm³/mol. The highest BCUT2D eigenvalue weighted by Gasteiger charge is 2.33. The van der Waals surface area contributed by atoms with Gasteiger partial charge in [-0.1, -0.05) is 37.3 Å². The molecule has 0 aromatic heterocycles. The number of aliphatic hydroxyl groups excluding tert-OH is 1. The van der Waals surface area contributed by atoms with Crippen LogP contribution in [0.2, 0.25) is 0 Å². The zero-order valence-electron chi connectivity index (χ0n) is 12.3. The minimum absolute atomic E-state index is 0.234. The van der Waals surface area contributed by atoms with Crippen LogP contribution >= 0.6 is 0 Å². The molecule has 3 unspecified atom stereocenters. The third-order valence-corrected chi connectivity index (χ3v) is 4.11. The minimum Gasteiger partial charge on any atom is -0.497 e. The zero-order valence-corrected chi connectivity index (χ0v) is 12.3. The molecule has 0 bridgehead atoms. The highest BCUT2D eigenvalue weighted by atomic mass is 16.5. The van der Waals surface area contributed by atoms with Gasteiger partial charge in [0.2, 0.25) is 0 Å². The molecular formula is C18H20O3. The molecule has 0 saturated heterocycles. The van der Waals surface area contributed by atoms with E-state index < -0.39 is 6.10 Å². The van der Waals surface area contributed by atoms with Gasteiger partial charge in [-0.2, -0.15) is 0 Å². The van der Waals surface area contributed by atoms with Gasteiger partial charge in [-0.25, -0.2) is 0 Å². The molecule has 110 valence electrons. The van der Waals surface area contributed by atoms with Crippen molar-refractivity contribution in [2.45, 2.75) is 31.5 Å². The summed E-state index contributed by atoms with van der Waals surface area (Å²) in [5, 5.41) is 10.6. The van der Waals surface area contributed by atoms with Crippen molar-refractivity contribution < 1.29 is 14.6 Å². The van der Waals surface area contributed by atoms with E-state index in [0.29, 0.717) is 5.92 Å². The van der Waals surface area contributed by atoms with Crippen molar-refractivity contribution in [2.24, 2.45) is 0 Å². The maximum absolute atomic E-state index is 10.6. The van der Waals surface area contributed by atoms with E-state index in [1.807, 2.05) is 42.5 Å². The van der Waals surface area contributed by atoms with Crippen molar-refractivity contribution in [2.75, 3.05) is 7.11 Å². The Hall–Kier alpha value is -2.00. The van der Waals surface area contributed by atoms with E-state index in [-0.39, 0.29) is 6.10 Å². The first-order valence-electron chi connectivity index (χ1n) is 7.26. The summed E-state index contributed by atoms with van der Waals surface area (Å²) >= 11 is 0. The maximum Gasteiger partial charge on any atom is 0.129 e. The van der Waals surface area contributed by atoms with Gasteiger partial charge in [0.05, 0.1) is 7.11 Å². The molecule has 21 heavy (non-hydrogen) atoms. The van der Waals surface area contributed by atoms with Crippen molar-refractivity contribution in [3.8, 4) is 11.5 Å². The smallest absolute Gasteiger partial charge is 0.129 e. The van der Waals surface area contributed by atoms with Gasteiger partial charge >= 0.3 is 0 Å². The summed E-state index contributed by atoms with van der Waals surface area (Å²) < 4.78 is 11.2. The van der Waals surface area contributed by atoms with E-state index in [0.717, 1.165) is 23.5 Å². The summed E-state index contributed by atoms with van der Waals surface area (Å²) in [5.41, 5.74) is 2.19. The minimum atomic E-state index is -0.594. The van der Waals surface area contributed by atoms with Gasteiger partial charge in [0.25, 0.3) is 0 Å². The molecule has 0 aliphatic heterocycles. The molecule has 1 aliphatic carbocycles. The normalized spacial score (nSPS) is 24.2. The van der Waals surface area contributed by atoms with E-state index in [2.05, 4.69) is 13.0 Å². The molecule has 0 fully saturated rings. The number of rotatable bonds is 3. The number of benzene rings is 2. The Morgan fingerprint density at radius 1 is 1.00 bits per heavy atom. The van der Waals surface area contributed by atoms with Gasteiger partial charge in [-0.15, -0.1) is 0 Å². The van der Waals surface area contributed by atoms with Crippen LogP contribution < -0.4 is 9.47 Å². The molecule has 3 heteroatoms. The van der Waals surface area contributed by atoms with Crippen LogP contribution in [0.25, 0.3) is 0 Å². The van der Waals surface area contributed by atoms with Crippen molar-refractivity contribution in [3.05, 3.63) is 59.7 Å². The number of methoxy groups -OCH3 is 1. The number of ether oxygens (including phenoxy) is 2. The van der Waals surface area contributed by atoms with Crippen LogP contribution in [0.1, 0.15) is 36.5 Å². The molecule has 2 aromatic rings. The average molecular weight is 284 g/mol. The Bertz CT molecular complexity index is 623. The summed E-state index contributed by atoms with van der Waals surface area (Å²) in [5.74, 6) is 1.86. The lowest BCUT2D eigenvalue weighted by molar-refractivity contribution is 0.0178. The molecular weight excluding hydrogens is 264 g/mol. The van der Waals surface area contributed by atoms with Crippen LogP contribution in [0.15, 0.2) is 48.5 Å². The van der Waals surface area contributed by atoms with Crippen molar-refractivity contribution in [1.82, 2.24) is 0 Å². The molecule has 3 atom stereocenters. The van der Waals surface area contributed by atoms with Gasteiger partial charge in [0, 0.05) is 6.07 Å². The van der Waals surface area contributed by atoms with E-state index >= 15 is 0 Å².